The Morgan fingerprint density at radius 3 is 2.37 bits per heavy atom. The quantitative estimate of drug-likeness (QED) is 0.637. The van der Waals surface area contributed by atoms with Gasteiger partial charge in [-0.2, -0.15) is 0 Å². The molecule has 0 aromatic heterocycles. The lowest BCUT2D eigenvalue weighted by molar-refractivity contribution is 0.401. The second kappa shape index (κ2) is 4.52. The van der Waals surface area contributed by atoms with Crippen molar-refractivity contribution in [3.8, 4) is 0 Å². The van der Waals surface area contributed by atoms with Crippen molar-refractivity contribution in [3.05, 3.63) is 53.1 Å². The molecule has 0 heteroatoms. The molecule has 4 rings (SSSR count). The normalized spacial score (nSPS) is 19.5. The zero-order chi connectivity index (χ0) is 12.7. The van der Waals surface area contributed by atoms with Gasteiger partial charge in [-0.15, -0.1) is 0 Å². The van der Waals surface area contributed by atoms with E-state index >= 15 is 0 Å². The van der Waals surface area contributed by atoms with Gasteiger partial charge in [0.25, 0.3) is 0 Å². The Morgan fingerprint density at radius 1 is 0.842 bits per heavy atom. The molecule has 0 radical (unpaired) electrons. The van der Waals surface area contributed by atoms with Gasteiger partial charge in [-0.3, -0.25) is 0 Å². The van der Waals surface area contributed by atoms with Gasteiger partial charge in [-0.1, -0.05) is 61.2 Å². The highest BCUT2D eigenvalue weighted by molar-refractivity contribution is 5.87. The summed E-state index contributed by atoms with van der Waals surface area (Å²) in [6.45, 7) is 0. The molecule has 19 heavy (non-hydrogen) atoms. The SMILES string of the molecule is C1=C(C2CCCCC2)Cc2cc3ccccc3cc21. The smallest absolute Gasteiger partial charge is 0.00548 e. The van der Waals surface area contributed by atoms with Crippen molar-refractivity contribution in [1.82, 2.24) is 0 Å². The molecule has 0 unspecified atom stereocenters. The Balaban J connectivity index is 1.70. The van der Waals surface area contributed by atoms with Gasteiger partial charge in [0.05, 0.1) is 0 Å². The average Bonchev–Trinajstić information content (AvgIpc) is 2.88. The first-order valence-electron chi connectivity index (χ1n) is 7.62. The van der Waals surface area contributed by atoms with Crippen LogP contribution in [0.5, 0.6) is 0 Å². The van der Waals surface area contributed by atoms with Crippen LogP contribution in [0.25, 0.3) is 16.8 Å². The summed E-state index contributed by atoms with van der Waals surface area (Å²) in [6, 6.07) is 13.5. The summed E-state index contributed by atoms with van der Waals surface area (Å²) < 4.78 is 0. The van der Waals surface area contributed by atoms with Crippen LogP contribution in [0.4, 0.5) is 0 Å². The second-order valence-electron chi connectivity index (χ2n) is 6.13. The minimum Gasteiger partial charge on any atom is -0.0621 e. The van der Waals surface area contributed by atoms with Crippen LogP contribution in [0.3, 0.4) is 0 Å². The van der Waals surface area contributed by atoms with Crippen LogP contribution in [0.15, 0.2) is 42.0 Å². The van der Waals surface area contributed by atoms with Crippen molar-refractivity contribution in [2.75, 3.05) is 0 Å². The van der Waals surface area contributed by atoms with E-state index in [1.807, 2.05) is 0 Å². The molecule has 0 spiro atoms. The number of hydrogen-bond donors (Lipinski definition) is 0. The molecular weight excluding hydrogens is 228 g/mol. The minimum atomic E-state index is 0.865. The predicted octanol–water partition coefficient (Wildman–Crippen LogP) is 5.36. The molecule has 0 N–H and O–H groups in total. The van der Waals surface area contributed by atoms with E-state index in [2.05, 4.69) is 42.5 Å². The number of fused-ring (bicyclic) bond motifs is 2. The lowest BCUT2D eigenvalue weighted by Crippen LogP contribution is -2.08. The van der Waals surface area contributed by atoms with Crippen molar-refractivity contribution >= 4 is 16.8 Å². The summed E-state index contributed by atoms with van der Waals surface area (Å²) in [4.78, 5) is 0. The van der Waals surface area contributed by atoms with Crippen LogP contribution in [-0.2, 0) is 6.42 Å². The maximum absolute atomic E-state index is 2.48. The van der Waals surface area contributed by atoms with Crippen LogP contribution >= 0.6 is 0 Å². The van der Waals surface area contributed by atoms with Gasteiger partial charge in [-0.25, -0.2) is 0 Å². The molecule has 0 amide bonds. The first-order valence-corrected chi connectivity index (χ1v) is 7.62. The summed E-state index contributed by atoms with van der Waals surface area (Å²) in [6.07, 6.45) is 10.8. The van der Waals surface area contributed by atoms with Crippen LogP contribution in [0.2, 0.25) is 0 Å². The number of allylic oxidation sites excluding steroid dienone is 1. The molecule has 0 atom stereocenters. The van der Waals surface area contributed by atoms with Crippen molar-refractivity contribution in [1.29, 1.82) is 0 Å². The summed E-state index contributed by atoms with van der Waals surface area (Å²) in [5, 5.41) is 2.77. The summed E-state index contributed by atoms with van der Waals surface area (Å²) in [7, 11) is 0. The van der Waals surface area contributed by atoms with Crippen LogP contribution in [0.1, 0.15) is 43.2 Å². The zero-order valence-corrected chi connectivity index (χ0v) is 11.4. The molecule has 0 saturated heterocycles. The fourth-order valence-corrected chi connectivity index (χ4v) is 3.80. The molecule has 96 valence electrons. The second-order valence-corrected chi connectivity index (χ2v) is 6.13. The fourth-order valence-electron chi connectivity index (χ4n) is 3.80. The van der Waals surface area contributed by atoms with Gasteiger partial charge in [0.2, 0.25) is 0 Å². The molecule has 2 aliphatic rings. The summed E-state index contributed by atoms with van der Waals surface area (Å²) in [5.74, 6) is 0.865. The van der Waals surface area contributed by atoms with E-state index in [1.54, 1.807) is 11.1 Å². The standard InChI is InChI=1S/C19H20/c1-2-6-14(7-3-1)17-12-18-10-15-8-4-5-9-16(15)11-19(18)13-17/h4-5,8-12,14H,1-3,6-7,13H2. The van der Waals surface area contributed by atoms with Crippen LogP contribution < -0.4 is 0 Å². The summed E-state index contributed by atoms with van der Waals surface area (Å²) in [5.41, 5.74) is 4.71. The van der Waals surface area contributed by atoms with E-state index < -0.39 is 0 Å². The van der Waals surface area contributed by atoms with Crippen LogP contribution in [0, 0.1) is 5.92 Å². The largest absolute Gasteiger partial charge is 0.0621 e. The lowest BCUT2D eigenvalue weighted by Gasteiger charge is -2.22. The third-order valence-corrected chi connectivity index (χ3v) is 4.87. The maximum atomic E-state index is 2.48. The van der Waals surface area contributed by atoms with E-state index in [0.717, 1.165) is 5.92 Å². The molecule has 2 aromatic rings. The van der Waals surface area contributed by atoms with Crippen LogP contribution in [-0.4, -0.2) is 0 Å². The van der Waals surface area contributed by atoms with Crippen molar-refractivity contribution in [3.63, 3.8) is 0 Å². The van der Waals surface area contributed by atoms with Gasteiger partial charge >= 0.3 is 0 Å². The molecular formula is C19H20. The highest BCUT2D eigenvalue weighted by Gasteiger charge is 2.22. The zero-order valence-electron chi connectivity index (χ0n) is 11.4. The number of hydrogen-bond acceptors (Lipinski definition) is 0. The first-order chi connectivity index (χ1) is 9.40. The molecule has 0 bridgehead atoms. The van der Waals surface area contributed by atoms with Crippen molar-refractivity contribution in [2.45, 2.75) is 38.5 Å². The van der Waals surface area contributed by atoms with E-state index in [-0.39, 0.29) is 0 Å². The average molecular weight is 248 g/mol. The lowest BCUT2D eigenvalue weighted by atomic mass is 9.83. The Labute approximate surface area is 115 Å². The highest BCUT2D eigenvalue weighted by Crippen LogP contribution is 2.38. The van der Waals surface area contributed by atoms with E-state index in [4.69, 9.17) is 0 Å². The third-order valence-electron chi connectivity index (χ3n) is 4.87. The van der Waals surface area contributed by atoms with Gasteiger partial charge in [0.15, 0.2) is 0 Å². The predicted molar refractivity (Wildman–Crippen MR) is 82.2 cm³/mol. The Kier molecular flexibility index (Phi) is 2.69. The van der Waals surface area contributed by atoms with Gasteiger partial charge < -0.3 is 0 Å². The molecule has 1 saturated carbocycles. The van der Waals surface area contributed by atoms with Gasteiger partial charge in [0.1, 0.15) is 0 Å². The molecule has 0 heterocycles. The molecule has 0 aliphatic heterocycles. The Bertz CT molecular complexity index is 642. The Morgan fingerprint density at radius 2 is 1.58 bits per heavy atom. The maximum Gasteiger partial charge on any atom is -0.00548 e. The monoisotopic (exact) mass is 248 g/mol. The Hall–Kier alpha value is -1.56. The minimum absolute atomic E-state index is 0.865. The number of benzene rings is 2. The third kappa shape index (κ3) is 2.00. The first kappa shape index (κ1) is 11.3. The number of rotatable bonds is 1. The van der Waals surface area contributed by atoms with Gasteiger partial charge in [-0.05, 0) is 53.1 Å². The van der Waals surface area contributed by atoms with E-state index in [9.17, 15) is 0 Å². The topological polar surface area (TPSA) is 0 Å². The fraction of sp³-hybridized carbons (Fsp3) is 0.368. The summed E-state index contributed by atoms with van der Waals surface area (Å²) >= 11 is 0. The highest BCUT2D eigenvalue weighted by atomic mass is 14.3. The van der Waals surface area contributed by atoms with Crippen molar-refractivity contribution < 1.29 is 0 Å². The van der Waals surface area contributed by atoms with E-state index in [0.29, 0.717) is 0 Å². The van der Waals surface area contributed by atoms with E-state index in [1.165, 1.54) is 54.9 Å². The van der Waals surface area contributed by atoms with Gasteiger partial charge in [0, 0.05) is 0 Å². The molecule has 2 aromatic carbocycles. The molecule has 2 aliphatic carbocycles. The molecule has 0 nitrogen and oxygen atoms in total. The molecule has 1 fully saturated rings. The van der Waals surface area contributed by atoms with Crippen molar-refractivity contribution in [2.24, 2.45) is 5.92 Å².